The molecule has 13 heteroatoms. The van der Waals surface area contributed by atoms with Crippen LogP contribution in [0, 0.1) is 5.82 Å². The monoisotopic (exact) mass is 588 g/mol. The maximum atomic E-state index is 13.3. The van der Waals surface area contributed by atoms with Crippen LogP contribution in [-0.2, 0) is 11.2 Å². The number of ether oxygens (including phenoxy) is 1. The molecule has 2 aromatic carbocycles. The normalized spacial score (nSPS) is 17.7. The summed E-state index contributed by atoms with van der Waals surface area (Å²) < 4.78 is 19.3. The van der Waals surface area contributed by atoms with Gasteiger partial charge in [0.15, 0.2) is 5.82 Å². The molecule has 0 spiro atoms. The Morgan fingerprint density at radius 1 is 1.15 bits per heavy atom. The Morgan fingerprint density at radius 3 is 2.85 bits per heavy atom. The molecule has 2 atom stereocenters. The van der Waals surface area contributed by atoms with Gasteiger partial charge in [-0.05, 0) is 43.2 Å². The summed E-state index contributed by atoms with van der Waals surface area (Å²) in [5.74, 6) is 1.20. The summed E-state index contributed by atoms with van der Waals surface area (Å²) in [6.45, 7) is 3.97. The van der Waals surface area contributed by atoms with Crippen molar-refractivity contribution in [1.82, 2.24) is 30.4 Å². The van der Waals surface area contributed by atoms with E-state index in [2.05, 4.69) is 41.0 Å². The van der Waals surface area contributed by atoms with E-state index in [4.69, 9.17) is 4.74 Å². The third-order valence-electron chi connectivity index (χ3n) is 6.97. The molecule has 2 aromatic heterocycles. The van der Waals surface area contributed by atoms with Crippen LogP contribution in [0.3, 0.4) is 0 Å². The number of piperazine rings is 1. The molecule has 2 unspecified atom stereocenters. The van der Waals surface area contributed by atoms with Crippen LogP contribution in [0.15, 0.2) is 54.9 Å². The number of benzene rings is 2. The van der Waals surface area contributed by atoms with Gasteiger partial charge in [-0.2, -0.15) is 5.10 Å². The van der Waals surface area contributed by atoms with E-state index in [1.54, 1.807) is 18.2 Å². The van der Waals surface area contributed by atoms with Crippen molar-refractivity contribution in [1.29, 1.82) is 0 Å². The minimum Gasteiger partial charge on any atom is -0.493 e. The van der Waals surface area contributed by atoms with E-state index in [-0.39, 0.29) is 37.1 Å². The fourth-order valence-corrected chi connectivity index (χ4v) is 5.19. The molecule has 2 bridgehead atoms. The number of anilines is 3. The molecular formula is C27H31Cl2FN8O2. The number of H-pyrrole nitrogens is 1. The number of likely N-dealkylation sites (tertiary alicyclic amines) is 1. The average Bonchev–Trinajstić information content (AvgIpc) is 3.65. The molecule has 4 N–H and O–H groups in total. The zero-order valence-electron chi connectivity index (χ0n) is 21.6. The number of aromatic amines is 1. The van der Waals surface area contributed by atoms with Crippen LogP contribution in [0.25, 0.3) is 10.9 Å². The van der Waals surface area contributed by atoms with Gasteiger partial charge in [0, 0.05) is 60.6 Å². The molecule has 2 aliphatic heterocycles. The first kappa shape index (κ1) is 29.5. The van der Waals surface area contributed by atoms with Crippen molar-refractivity contribution in [3.63, 3.8) is 0 Å². The van der Waals surface area contributed by atoms with Crippen LogP contribution in [0.2, 0.25) is 0 Å². The molecule has 0 saturated carbocycles. The first-order valence-corrected chi connectivity index (χ1v) is 12.8. The Hall–Kier alpha value is -3.51. The fourth-order valence-electron chi connectivity index (χ4n) is 5.19. The van der Waals surface area contributed by atoms with E-state index >= 15 is 0 Å². The van der Waals surface area contributed by atoms with Gasteiger partial charge in [-0.3, -0.25) is 14.8 Å². The van der Waals surface area contributed by atoms with Gasteiger partial charge in [-0.25, -0.2) is 14.4 Å². The molecule has 0 radical (unpaired) electrons. The summed E-state index contributed by atoms with van der Waals surface area (Å²) in [4.78, 5) is 23.6. The van der Waals surface area contributed by atoms with Gasteiger partial charge in [0.25, 0.3) is 0 Å². The van der Waals surface area contributed by atoms with E-state index in [1.165, 1.54) is 24.9 Å². The van der Waals surface area contributed by atoms with Crippen molar-refractivity contribution in [3.8, 4) is 5.75 Å². The number of aromatic nitrogens is 4. The number of nitrogens with zero attached hydrogens (tertiary/aromatic N) is 4. The number of nitrogens with one attached hydrogen (secondary N) is 4. The van der Waals surface area contributed by atoms with Crippen molar-refractivity contribution in [2.45, 2.75) is 31.3 Å². The minimum atomic E-state index is -0.409. The number of fused-ring (bicyclic) bond motifs is 3. The third-order valence-corrected chi connectivity index (χ3v) is 6.97. The first-order valence-electron chi connectivity index (χ1n) is 12.8. The number of carbonyl (C=O) groups excluding carboxylic acids is 1. The smallest absolute Gasteiger partial charge is 0.230 e. The number of hydrogen-bond acceptors (Lipinski definition) is 8. The lowest BCUT2D eigenvalue weighted by atomic mass is 10.2. The summed E-state index contributed by atoms with van der Waals surface area (Å²) in [6, 6.07) is 14.6. The standard InChI is InChI=1S/C27H29FN8O2.2ClH/c28-17-3-1-4-18(9-17)32-26(37)12-19-11-25(35-34-19)33-27-23-6-5-22(13-24(23)30-16-31-27)38-8-2-7-36-15-20-10-21(36)14-29-20;;/h1,3-6,9,11,13,16,20-21,29H,2,7-8,10,12,14-15H2,(H,32,37)(H2,30,31,33,34,35);2*1H. The van der Waals surface area contributed by atoms with Gasteiger partial charge in [0.05, 0.1) is 18.5 Å². The molecule has 6 rings (SSSR count). The molecular weight excluding hydrogens is 558 g/mol. The number of carbonyl (C=O) groups is 1. The second-order valence-electron chi connectivity index (χ2n) is 9.73. The fraction of sp³-hybridized carbons (Fsp3) is 0.333. The Bertz CT molecular complexity index is 1460. The highest BCUT2D eigenvalue weighted by molar-refractivity contribution is 5.93. The van der Waals surface area contributed by atoms with Crippen LogP contribution in [0.5, 0.6) is 5.75 Å². The van der Waals surface area contributed by atoms with Gasteiger partial charge in [-0.15, -0.1) is 24.8 Å². The van der Waals surface area contributed by atoms with E-state index in [9.17, 15) is 9.18 Å². The van der Waals surface area contributed by atoms with Crippen LogP contribution in [-0.4, -0.2) is 69.3 Å². The second kappa shape index (κ2) is 13.2. The van der Waals surface area contributed by atoms with Crippen LogP contribution < -0.4 is 20.7 Å². The van der Waals surface area contributed by atoms with Gasteiger partial charge < -0.3 is 20.7 Å². The SMILES string of the molecule is Cl.Cl.O=C(Cc1cc(Nc2ncnc3cc(OCCCN4CC5CC4CN5)ccc23)n[nH]1)Nc1cccc(F)c1. The van der Waals surface area contributed by atoms with Crippen molar-refractivity contribution in [3.05, 3.63) is 66.4 Å². The Morgan fingerprint density at radius 2 is 2.05 bits per heavy atom. The van der Waals surface area contributed by atoms with Crippen LogP contribution >= 0.6 is 24.8 Å². The van der Waals surface area contributed by atoms with Gasteiger partial charge in [0.2, 0.25) is 5.91 Å². The molecule has 40 heavy (non-hydrogen) atoms. The van der Waals surface area contributed by atoms with E-state index < -0.39 is 5.82 Å². The second-order valence-corrected chi connectivity index (χ2v) is 9.73. The lowest BCUT2D eigenvalue weighted by molar-refractivity contribution is -0.115. The third kappa shape index (κ3) is 6.97. The molecule has 212 valence electrons. The van der Waals surface area contributed by atoms with Crippen LogP contribution in [0.4, 0.5) is 21.7 Å². The zero-order valence-corrected chi connectivity index (χ0v) is 23.2. The summed E-state index contributed by atoms with van der Waals surface area (Å²) in [5.41, 5.74) is 1.77. The first-order chi connectivity index (χ1) is 18.6. The predicted octanol–water partition coefficient (Wildman–Crippen LogP) is 4.08. The van der Waals surface area contributed by atoms with E-state index in [1.807, 2.05) is 18.2 Å². The van der Waals surface area contributed by atoms with Crippen LogP contribution in [0.1, 0.15) is 18.5 Å². The molecule has 0 aliphatic carbocycles. The van der Waals surface area contributed by atoms with E-state index in [0.717, 1.165) is 42.7 Å². The maximum Gasteiger partial charge on any atom is 0.230 e. The lowest BCUT2D eigenvalue weighted by Crippen LogP contribution is -2.44. The molecule has 2 saturated heterocycles. The molecule has 4 aromatic rings. The van der Waals surface area contributed by atoms with E-state index in [0.29, 0.717) is 41.7 Å². The quantitative estimate of drug-likeness (QED) is 0.205. The zero-order chi connectivity index (χ0) is 25.9. The maximum absolute atomic E-state index is 13.3. The highest BCUT2D eigenvalue weighted by Gasteiger charge is 2.36. The van der Waals surface area contributed by atoms with Gasteiger partial charge >= 0.3 is 0 Å². The number of hydrogen-bond donors (Lipinski definition) is 4. The summed E-state index contributed by atoms with van der Waals surface area (Å²) in [6.07, 6.45) is 3.81. The minimum absolute atomic E-state index is 0. The lowest BCUT2D eigenvalue weighted by Gasteiger charge is -2.27. The summed E-state index contributed by atoms with van der Waals surface area (Å²) >= 11 is 0. The van der Waals surface area contributed by atoms with Crippen molar-refractivity contribution in [2.75, 3.05) is 36.9 Å². The van der Waals surface area contributed by atoms with Gasteiger partial charge in [-0.1, -0.05) is 6.07 Å². The highest BCUT2D eigenvalue weighted by Crippen LogP contribution is 2.27. The topological polar surface area (TPSA) is 120 Å². The predicted molar refractivity (Wildman–Crippen MR) is 157 cm³/mol. The molecule has 4 heterocycles. The Kier molecular flexibility index (Phi) is 9.75. The molecule has 2 aliphatic rings. The average molecular weight is 590 g/mol. The van der Waals surface area contributed by atoms with Crippen molar-refractivity contribution < 1.29 is 13.9 Å². The van der Waals surface area contributed by atoms with Gasteiger partial charge in [0.1, 0.15) is 23.7 Å². The Balaban J connectivity index is 0.00000185. The van der Waals surface area contributed by atoms with Crippen molar-refractivity contribution in [2.24, 2.45) is 0 Å². The number of halogens is 3. The summed E-state index contributed by atoms with van der Waals surface area (Å²) in [5, 5.41) is 17.3. The Labute approximate surface area is 243 Å². The molecule has 2 fully saturated rings. The number of amides is 1. The summed E-state index contributed by atoms with van der Waals surface area (Å²) in [7, 11) is 0. The highest BCUT2D eigenvalue weighted by atomic mass is 35.5. The van der Waals surface area contributed by atoms with Crippen molar-refractivity contribution >= 4 is 58.9 Å². The number of rotatable bonds is 10. The molecule has 1 amide bonds. The molecule has 10 nitrogen and oxygen atoms in total. The largest absolute Gasteiger partial charge is 0.493 e.